The molecule has 4 bridgehead atoms. The van der Waals surface area contributed by atoms with E-state index in [1.807, 2.05) is 25.3 Å². The molecule has 232 valence electrons. The van der Waals surface area contributed by atoms with E-state index >= 15 is 0 Å². The van der Waals surface area contributed by atoms with Crippen LogP contribution in [0.3, 0.4) is 0 Å². The first-order valence-corrected chi connectivity index (χ1v) is 17.7. The third-order valence-electron chi connectivity index (χ3n) is 7.05. The Morgan fingerprint density at radius 3 is 2.79 bits per heavy atom. The molecule has 9 nitrogen and oxygen atoms in total. The highest BCUT2D eigenvalue weighted by molar-refractivity contribution is 8.14. The number of thiazole rings is 1. The summed E-state index contributed by atoms with van der Waals surface area (Å²) in [5.41, 5.74) is -0.351. The molecule has 42 heavy (non-hydrogen) atoms. The molecule has 0 aliphatic carbocycles. The Hall–Kier alpha value is -2.18. The number of hydrogen-bond donors (Lipinski definition) is 2. The number of amides is 2. The fourth-order valence-electron chi connectivity index (χ4n) is 4.42. The summed E-state index contributed by atoms with van der Waals surface area (Å²) >= 11 is 4.22. The first-order chi connectivity index (χ1) is 20.1. The second-order valence-corrected chi connectivity index (χ2v) is 14.3. The molecule has 2 amide bonds. The van der Waals surface area contributed by atoms with Crippen LogP contribution in [-0.4, -0.2) is 62.1 Å². The lowest BCUT2D eigenvalue weighted by Crippen LogP contribution is -2.53. The predicted molar refractivity (Wildman–Crippen MR) is 172 cm³/mol. The highest BCUT2D eigenvalue weighted by atomic mass is 32.2. The molecule has 2 N–H and O–H groups in total. The van der Waals surface area contributed by atoms with Gasteiger partial charge in [-0.2, -0.15) is 0 Å². The van der Waals surface area contributed by atoms with E-state index in [1.54, 1.807) is 13.0 Å². The van der Waals surface area contributed by atoms with Gasteiger partial charge in [-0.3, -0.25) is 19.4 Å². The Balaban J connectivity index is 1.65. The molecule has 3 atom stereocenters. The van der Waals surface area contributed by atoms with Gasteiger partial charge in [-0.15, -0.1) is 23.1 Å². The second-order valence-electron chi connectivity index (χ2n) is 11.2. The number of allylic oxidation sites excluding steroid dienone is 1. The average Bonchev–Trinajstić information content (AvgIpc) is 3.59. The number of nitrogens with zero attached hydrogens (tertiary/aromatic N) is 2. The van der Waals surface area contributed by atoms with Crippen LogP contribution in [0, 0.1) is 5.92 Å². The van der Waals surface area contributed by atoms with Crippen molar-refractivity contribution >= 4 is 62.8 Å². The van der Waals surface area contributed by atoms with Crippen molar-refractivity contribution in [2.24, 2.45) is 10.9 Å². The third kappa shape index (κ3) is 10.8. The standard InChI is InChI=1S/C30H44N4O5S3/c1-5-6-7-8-9-13-25(36)40-16-11-10-12-21-14-15-23(35)31-17-24-32-22(18-41-24)27-34-30(4,19-42-27)29(38)33-26(20(2)3)28(37)39-21/h10,12,18,20-21,26H,5-9,11,13-17,19H2,1-4H3,(H,31,35)(H,33,38)/b12-10+/t21-,26?,30-/m0/s1. The number of esters is 1. The Kier molecular flexibility index (Phi) is 14.1. The zero-order chi connectivity index (χ0) is 30.5. The van der Waals surface area contributed by atoms with Crippen LogP contribution in [0.2, 0.25) is 0 Å². The van der Waals surface area contributed by atoms with E-state index in [0.29, 0.717) is 48.1 Å². The number of ether oxygens (including phenoxy) is 1. The van der Waals surface area contributed by atoms with Crippen molar-refractivity contribution < 1.29 is 23.9 Å². The molecule has 0 radical (unpaired) electrons. The molecule has 3 rings (SSSR count). The summed E-state index contributed by atoms with van der Waals surface area (Å²) in [4.78, 5) is 60.7. The van der Waals surface area contributed by atoms with E-state index in [4.69, 9.17) is 4.74 Å². The van der Waals surface area contributed by atoms with E-state index in [1.165, 1.54) is 54.1 Å². The third-order valence-corrected chi connectivity index (χ3v) is 10.1. The van der Waals surface area contributed by atoms with Crippen molar-refractivity contribution in [1.29, 1.82) is 0 Å². The van der Waals surface area contributed by atoms with Crippen molar-refractivity contribution in [2.75, 3.05) is 11.5 Å². The Morgan fingerprint density at radius 1 is 1.24 bits per heavy atom. The molecular weight excluding hydrogens is 593 g/mol. The summed E-state index contributed by atoms with van der Waals surface area (Å²) in [6.07, 6.45) is 10.3. The molecule has 1 unspecified atom stereocenters. The lowest BCUT2D eigenvalue weighted by molar-refractivity contribution is -0.153. The lowest BCUT2D eigenvalue weighted by Gasteiger charge is -2.27. The molecular formula is C30H44N4O5S3. The molecule has 1 aromatic heterocycles. The molecule has 3 heterocycles. The zero-order valence-corrected chi connectivity index (χ0v) is 27.6. The van der Waals surface area contributed by atoms with Gasteiger partial charge in [-0.05, 0) is 38.2 Å². The van der Waals surface area contributed by atoms with Crippen LogP contribution in [0.4, 0.5) is 0 Å². The van der Waals surface area contributed by atoms with Crippen molar-refractivity contribution in [3.05, 3.63) is 28.2 Å². The number of rotatable bonds is 11. The fraction of sp³-hybridized carbons (Fsp3) is 0.667. The maximum atomic E-state index is 13.3. The minimum Gasteiger partial charge on any atom is -0.457 e. The maximum Gasteiger partial charge on any atom is 0.329 e. The Morgan fingerprint density at radius 2 is 2.02 bits per heavy atom. The molecule has 2 aliphatic heterocycles. The van der Waals surface area contributed by atoms with Gasteiger partial charge in [0.05, 0.1) is 6.54 Å². The number of carbonyl (C=O) groups excluding carboxylic acids is 4. The highest BCUT2D eigenvalue weighted by Gasteiger charge is 2.41. The van der Waals surface area contributed by atoms with Crippen LogP contribution in [0.25, 0.3) is 0 Å². The first-order valence-electron chi connectivity index (χ1n) is 14.9. The molecule has 0 saturated heterocycles. The predicted octanol–water partition coefficient (Wildman–Crippen LogP) is 5.42. The van der Waals surface area contributed by atoms with E-state index in [-0.39, 0.29) is 29.3 Å². The van der Waals surface area contributed by atoms with Gasteiger partial charge in [0.25, 0.3) is 0 Å². The zero-order valence-electron chi connectivity index (χ0n) is 25.1. The van der Waals surface area contributed by atoms with Gasteiger partial charge in [-0.1, -0.05) is 64.3 Å². The number of fused-ring (bicyclic) bond motifs is 4. The number of carbonyl (C=O) groups is 4. The number of hydrogen-bond acceptors (Lipinski definition) is 10. The van der Waals surface area contributed by atoms with Crippen LogP contribution in [0.5, 0.6) is 0 Å². The average molecular weight is 637 g/mol. The number of aliphatic imine (C=N–C) groups is 1. The van der Waals surface area contributed by atoms with Crippen LogP contribution in [0.15, 0.2) is 22.5 Å². The number of nitrogens with one attached hydrogen (secondary N) is 2. The molecule has 0 spiro atoms. The van der Waals surface area contributed by atoms with Crippen LogP contribution in [0.1, 0.15) is 96.2 Å². The van der Waals surface area contributed by atoms with E-state index in [9.17, 15) is 19.2 Å². The molecule has 12 heteroatoms. The van der Waals surface area contributed by atoms with E-state index in [0.717, 1.165) is 17.8 Å². The van der Waals surface area contributed by atoms with Gasteiger partial charge in [0.15, 0.2) is 5.12 Å². The van der Waals surface area contributed by atoms with Crippen molar-refractivity contribution in [3.63, 3.8) is 0 Å². The largest absolute Gasteiger partial charge is 0.457 e. The molecule has 1 aromatic rings. The number of cyclic esters (lactones) is 1. The van der Waals surface area contributed by atoms with Gasteiger partial charge in [0, 0.05) is 29.7 Å². The normalized spacial score (nSPS) is 23.8. The number of aromatic nitrogens is 1. The van der Waals surface area contributed by atoms with E-state index < -0.39 is 23.7 Å². The summed E-state index contributed by atoms with van der Waals surface area (Å²) in [7, 11) is 0. The van der Waals surface area contributed by atoms with Gasteiger partial charge in [0.1, 0.15) is 33.4 Å². The summed E-state index contributed by atoms with van der Waals surface area (Å²) in [5.74, 6) is -0.195. The van der Waals surface area contributed by atoms with Gasteiger partial charge < -0.3 is 15.4 Å². The summed E-state index contributed by atoms with van der Waals surface area (Å²) in [6, 6.07) is -0.865. The maximum absolute atomic E-state index is 13.3. The lowest BCUT2D eigenvalue weighted by atomic mass is 10.0. The Bertz CT molecular complexity index is 1150. The summed E-state index contributed by atoms with van der Waals surface area (Å²) in [6.45, 7) is 7.92. The fourth-order valence-corrected chi connectivity index (χ4v) is 7.11. The SMILES string of the molecule is CCCCCCCC(=O)SCC/C=C/[C@H]1CCC(=O)NCc2nc(cs2)C2=N[C@@](C)(CS2)C(=O)NC(C(C)C)C(=O)O1. The first kappa shape index (κ1) is 34.3. The topological polar surface area (TPSA) is 127 Å². The van der Waals surface area contributed by atoms with Crippen molar-refractivity contribution in [1.82, 2.24) is 15.6 Å². The quantitative estimate of drug-likeness (QED) is 0.187. The van der Waals surface area contributed by atoms with Gasteiger partial charge in [0.2, 0.25) is 11.8 Å². The monoisotopic (exact) mass is 636 g/mol. The molecule has 0 fully saturated rings. The smallest absolute Gasteiger partial charge is 0.329 e. The minimum absolute atomic E-state index is 0.158. The second kappa shape index (κ2) is 17.2. The minimum atomic E-state index is -1.04. The number of thioether (sulfide) groups is 2. The number of unbranched alkanes of at least 4 members (excludes halogenated alkanes) is 4. The Labute approximate surface area is 261 Å². The van der Waals surface area contributed by atoms with Crippen molar-refractivity contribution in [3.8, 4) is 0 Å². The van der Waals surface area contributed by atoms with Crippen molar-refractivity contribution in [2.45, 2.75) is 110 Å². The van der Waals surface area contributed by atoms with Crippen LogP contribution < -0.4 is 10.6 Å². The molecule has 0 saturated carbocycles. The van der Waals surface area contributed by atoms with Gasteiger partial charge >= 0.3 is 5.97 Å². The van der Waals surface area contributed by atoms with Gasteiger partial charge in [-0.25, -0.2) is 9.78 Å². The molecule has 2 aliphatic rings. The van der Waals surface area contributed by atoms with Crippen LogP contribution >= 0.6 is 34.9 Å². The summed E-state index contributed by atoms with van der Waals surface area (Å²) < 4.78 is 5.85. The molecule has 0 aromatic carbocycles. The van der Waals surface area contributed by atoms with Crippen LogP contribution in [-0.2, 0) is 30.5 Å². The summed E-state index contributed by atoms with van der Waals surface area (Å²) in [5, 5.41) is 9.29. The van der Waals surface area contributed by atoms with E-state index in [2.05, 4.69) is 27.5 Å². The highest BCUT2D eigenvalue weighted by Crippen LogP contribution is 2.32.